The van der Waals surface area contributed by atoms with E-state index >= 15 is 0 Å². The van der Waals surface area contributed by atoms with E-state index in [2.05, 4.69) is 15.6 Å². The van der Waals surface area contributed by atoms with Crippen molar-refractivity contribution in [1.82, 2.24) is 10.6 Å². The van der Waals surface area contributed by atoms with E-state index in [4.69, 9.17) is 14.2 Å². The van der Waals surface area contributed by atoms with Crippen molar-refractivity contribution in [3.8, 4) is 11.5 Å². The Labute approximate surface area is 185 Å². The van der Waals surface area contributed by atoms with Crippen molar-refractivity contribution in [2.45, 2.75) is 32.3 Å². The molecule has 2 rings (SSSR count). The van der Waals surface area contributed by atoms with Gasteiger partial charge in [-0.3, -0.25) is 4.99 Å². The third-order valence-electron chi connectivity index (χ3n) is 4.33. The molecule has 0 spiro atoms. The van der Waals surface area contributed by atoms with Crippen molar-refractivity contribution in [2.24, 2.45) is 10.9 Å². The van der Waals surface area contributed by atoms with Crippen LogP contribution in [0.4, 0.5) is 0 Å². The second kappa shape index (κ2) is 13.8. The Bertz CT molecular complexity index is 575. The number of nitrogens with zero attached hydrogens (tertiary/aromatic N) is 1. The average molecular weight is 507 g/mol. The van der Waals surface area contributed by atoms with Gasteiger partial charge >= 0.3 is 0 Å². The van der Waals surface area contributed by atoms with E-state index in [0.717, 1.165) is 38.6 Å². The van der Waals surface area contributed by atoms with Gasteiger partial charge in [-0.05, 0) is 49.8 Å². The van der Waals surface area contributed by atoms with Crippen LogP contribution < -0.4 is 20.1 Å². The first kappa shape index (κ1) is 24.8. The minimum Gasteiger partial charge on any atom is -0.497 e. The number of aliphatic hydroxyl groups is 1. The maximum Gasteiger partial charge on any atom is 0.191 e. The molecular weight excluding hydrogens is 473 g/mol. The highest BCUT2D eigenvalue weighted by Crippen LogP contribution is 2.28. The second-order valence-electron chi connectivity index (χ2n) is 6.68. The fourth-order valence-electron chi connectivity index (χ4n) is 2.56. The monoisotopic (exact) mass is 507 g/mol. The quantitative estimate of drug-likeness (QED) is 0.175. The van der Waals surface area contributed by atoms with Gasteiger partial charge in [-0.2, -0.15) is 0 Å². The van der Waals surface area contributed by atoms with E-state index in [-0.39, 0.29) is 30.5 Å². The van der Waals surface area contributed by atoms with Gasteiger partial charge in [0.2, 0.25) is 0 Å². The van der Waals surface area contributed by atoms with Gasteiger partial charge in [0, 0.05) is 32.4 Å². The zero-order chi connectivity index (χ0) is 19.5. The van der Waals surface area contributed by atoms with Crippen LogP contribution in [-0.2, 0) is 4.74 Å². The van der Waals surface area contributed by atoms with Gasteiger partial charge in [-0.1, -0.05) is 0 Å². The molecule has 1 aliphatic carbocycles. The average Bonchev–Trinajstić information content (AvgIpc) is 3.52. The molecule has 1 unspecified atom stereocenters. The number of rotatable bonds is 12. The Morgan fingerprint density at radius 1 is 1.18 bits per heavy atom. The third-order valence-corrected chi connectivity index (χ3v) is 4.33. The molecule has 1 aliphatic rings. The maximum atomic E-state index is 10.5. The van der Waals surface area contributed by atoms with Crippen LogP contribution >= 0.6 is 24.0 Å². The van der Waals surface area contributed by atoms with Crippen molar-refractivity contribution in [3.63, 3.8) is 0 Å². The molecule has 7 nitrogen and oxygen atoms in total. The largest absolute Gasteiger partial charge is 0.497 e. The molecule has 0 aromatic heterocycles. The standard InChI is InChI=1S/C20H33N3O4.HI/c1-4-21-20(22-8-5-9-27-14-15-6-7-15)23-13-19(24)16-10-17(25-2)12-18(11-16)26-3;/h10-12,15,19,24H,4-9,13-14H2,1-3H3,(H2,21,22,23);1H. The zero-order valence-electron chi connectivity index (χ0n) is 17.1. The van der Waals surface area contributed by atoms with Gasteiger partial charge in [-0.25, -0.2) is 0 Å². The molecule has 1 fully saturated rings. The Morgan fingerprint density at radius 3 is 2.43 bits per heavy atom. The first-order chi connectivity index (χ1) is 13.2. The molecule has 160 valence electrons. The minimum absolute atomic E-state index is 0. The Morgan fingerprint density at radius 2 is 1.86 bits per heavy atom. The molecule has 1 atom stereocenters. The predicted molar refractivity (Wildman–Crippen MR) is 122 cm³/mol. The van der Waals surface area contributed by atoms with Crippen molar-refractivity contribution in [1.29, 1.82) is 0 Å². The van der Waals surface area contributed by atoms with E-state index in [1.807, 2.05) is 6.92 Å². The molecule has 0 amide bonds. The van der Waals surface area contributed by atoms with Crippen LogP contribution in [0.2, 0.25) is 0 Å². The minimum atomic E-state index is -0.744. The fourth-order valence-corrected chi connectivity index (χ4v) is 2.56. The van der Waals surface area contributed by atoms with Gasteiger partial charge in [0.25, 0.3) is 0 Å². The molecule has 0 bridgehead atoms. The normalized spacial score (nSPS) is 14.8. The Kier molecular flexibility index (Phi) is 12.2. The molecule has 0 saturated heterocycles. The smallest absolute Gasteiger partial charge is 0.191 e. The van der Waals surface area contributed by atoms with Crippen LogP contribution in [0, 0.1) is 5.92 Å². The lowest BCUT2D eigenvalue weighted by atomic mass is 10.1. The Hall–Kier alpha value is -1.26. The van der Waals surface area contributed by atoms with Crippen LogP contribution in [0.3, 0.4) is 0 Å². The maximum absolute atomic E-state index is 10.5. The molecule has 0 radical (unpaired) electrons. The second-order valence-corrected chi connectivity index (χ2v) is 6.68. The molecule has 0 heterocycles. The summed E-state index contributed by atoms with van der Waals surface area (Å²) >= 11 is 0. The molecule has 28 heavy (non-hydrogen) atoms. The summed E-state index contributed by atoms with van der Waals surface area (Å²) in [6.45, 7) is 5.44. The van der Waals surface area contributed by atoms with Crippen LogP contribution in [0.15, 0.2) is 23.2 Å². The number of nitrogens with one attached hydrogen (secondary N) is 2. The summed E-state index contributed by atoms with van der Waals surface area (Å²) in [6.07, 6.45) is 2.81. The van der Waals surface area contributed by atoms with E-state index in [1.165, 1.54) is 12.8 Å². The molecule has 1 aromatic rings. The lowest BCUT2D eigenvalue weighted by Crippen LogP contribution is -2.38. The summed E-state index contributed by atoms with van der Waals surface area (Å²) in [5, 5.41) is 16.9. The summed E-state index contributed by atoms with van der Waals surface area (Å²) < 4.78 is 16.1. The molecule has 1 saturated carbocycles. The number of aliphatic imine (C=N–C) groups is 1. The first-order valence-electron chi connectivity index (χ1n) is 9.67. The number of hydrogen-bond donors (Lipinski definition) is 3. The van der Waals surface area contributed by atoms with Crippen molar-refractivity contribution >= 4 is 29.9 Å². The van der Waals surface area contributed by atoms with Crippen molar-refractivity contribution in [2.75, 3.05) is 47.1 Å². The molecule has 0 aliphatic heterocycles. The number of guanidine groups is 1. The summed E-state index contributed by atoms with van der Waals surface area (Å²) in [6, 6.07) is 5.36. The summed E-state index contributed by atoms with van der Waals surface area (Å²) in [7, 11) is 3.18. The molecule has 3 N–H and O–H groups in total. The van der Waals surface area contributed by atoms with Crippen molar-refractivity contribution < 1.29 is 19.3 Å². The fraction of sp³-hybridized carbons (Fsp3) is 0.650. The topological polar surface area (TPSA) is 84.3 Å². The molecule has 8 heteroatoms. The summed E-state index contributed by atoms with van der Waals surface area (Å²) in [5.74, 6) is 2.77. The lowest BCUT2D eigenvalue weighted by Gasteiger charge is -2.15. The SMILES string of the molecule is CCNC(=NCC(O)c1cc(OC)cc(OC)c1)NCCCOCC1CC1.I. The number of halogens is 1. The van der Waals surface area contributed by atoms with Gasteiger partial charge in [0.15, 0.2) is 5.96 Å². The number of benzene rings is 1. The van der Waals surface area contributed by atoms with Crippen LogP contribution in [0.25, 0.3) is 0 Å². The highest BCUT2D eigenvalue weighted by atomic mass is 127. The number of hydrogen-bond acceptors (Lipinski definition) is 5. The zero-order valence-corrected chi connectivity index (χ0v) is 19.4. The lowest BCUT2D eigenvalue weighted by molar-refractivity contribution is 0.123. The predicted octanol–water partition coefficient (Wildman–Crippen LogP) is 2.73. The van der Waals surface area contributed by atoms with Crippen LogP contribution in [-0.4, -0.2) is 58.1 Å². The number of methoxy groups -OCH3 is 2. The highest BCUT2D eigenvalue weighted by Gasteiger charge is 2.20. The van der Waals surface area contributed by atoms with E-state index in [1.54, 1.807) is 32.4 Å². The Balaban J connectivity index is 0.00000392. The molecule has 1 aromatic carbocycles. The third kappa shape index (κ3) is 9.29. The first-order valence-corrected chi connectivity index (χ1v) is 9.67. The van der Waals surface area contributed by atoms with Crippen LogP contribution in [0.5, 0.6) is 11.5 Å². The van der Waals surface area contributed by atoms with Crippen LogP contribution in [0.1, 0.15) is 37.9 Å². The highest BCUT2D eigenvalue weighted by molar-refractivity contribution is 14.0. The molecular formula is C20H34IN3O4. The van der Waals surface area contributed by atoms with Gasteiger partial charge < -0.3 is 30.0 Å². The summed E-state index contributed by atoms with van der Waals surface area (Å²) in [4.78, 5) is 4.48. The van der Waals surface area contributed by atoms with E-state index in [0.29, 0.717) is 23.0 Å². The summed E-state index contributed by atoms with van der Waals surface area (Å²) in [5.41, 5.74) is 0.708. The number of ether oxygens (including phenoxy) is 3. The number of aliphatic hydroxyl groups excluding tert-OH is 1. The van der Waals surface area contributed by atoms with Gasteiger partial charge in [-0.15, -0.1) is 24.0 Å². The van der Waals surface area contributed by atoms with E-state index in [9.17, 15) is 5.11 Å². The van der Waals surface area contributed by atoms with Gasteiger partial charge in [0.05, 0.1) is 26.9 Å². The van der Waals surface area contributed by atoms with E-state index < -0.39 is 6.10 Å². The van der Waals surface area contributed by atoms with Crippen molar-refractivity contribution in [3.05, 3.63) is 23.8 Å². The van der Waals surface area contributed by atoms with Gasteiger partial charge in [0.1, 0.15) is 11.5 Å².